The van der Waals surface area contributed by atoms with Crippen LogP contribution in [0.25, 0.3) is 0 Å². The van der Waals surface area contributed by atoms with E-state index in [2.05, 4.69) is 34.3 Å². The molecule has 1 aliphatic rings. The van der Waals surface area contributed by atoms with Crippen molar-refractivity contribution in [2.24, 2.45) is 0 Å². The van der Waals surface area contributed by atoms with Crippen LogP contribution in [-0.2, 0) is 17.8 Å². The Bertz CT molecular complexity index is 1090. The molecule has 172 valence electrons. The number of pyridine rings is 1. The number of ether oxygens (including phenoxy) is 1. The smallest absolute Gasteiger partial charge is 0.232 e. The van der Waals surface area contributed by atoms with Gasteiger partial charge in [0.1, 0.15) is 11.6 Å². The van der Waals surface area contributed by atoms with Gasteiger partial charge < -0.3 is 15.0 Å². The van der Waals surface area contributed by atoms with Gasteiger partial charge in [0.15, 0.2) is 0 Å². The summed E-state index contributed by atoms with van der Waals surface area (Å²) in [5, 5.41) is 3.46. The molecule has 1 saturated heterocycles. The molecule has 1 aliphatic heterocycles. The molecule has 3 aromatic rings. The molecule has 1 atom stereocenters. The largest absolute Gasteiger partial charge is 0.439 e. The molecule has 1 N–H and O–H groups in total. The van der Waals surface area contributed by atoms with Gasteiger partial charge in [-0.2, -0.15) is 0 Å². The van der Waals surface area contributed by atoms with Crippen LogP contribution in [0.3, 0.4) is 0 Å². The summed E-state index contributed by atoms with van der Waals surface area (Å²) in [6.45, 7) is 6.20. The first-order valence-corrected chi connectivity index (χ1v) is 11.2. The van der Waals surface area contributed by atoms with E-state index in [0.29, 0.717) is 23.4 Å². The number of nitrogens with one attached hydrogen (secondary N) is 1. The molecule has 33 heavy (non-hydrogen) atoms. The van der Waals surface area contributed by atoms with Crippen molar-refractivity contribution in [3.05, 3.63) is 83.8 Å². The SMILES string of the molecule is C[C@H]1CN(Cc2ccc(N(C)C(=O)Cc3cccc(Oc4cccc(F)c4)n3)cc2)CCN1. The molecule has 6 nitrogen and oxygen atoms in total. The molecule has 2 heterocycles. The molecule has 0 radical (unpaired) electrons. The number of nitrogens with zero attached hydrogens (tertiary/aromatic N) is 3. The maximum absolute atomic E-state index is 13.4. The number of benzene rings is 2. The van der Waals surface area contributed by atoms with Gasteiger partial charge in [0.2, 0.25) is 11.8 Å². The van der Waals surface area contributed by atoms with Gasteiger partial charge in [0, 0.05) is 57.1 Å². The highest BCUT2D eigenvalue weighted by atomic mass is 19.1. The maximum Gasteiger partial charge on any atom is 0.232 e. The minimum Gasteiger partial charge on any atom is -0.439 e. The number of carbonyl (C=O) groups is 1. The molecule has 0 bridgehead atoms. The zero-order valence-corrected chi connectivity index (χ0v) is 19.0. The predicted octanol–water partition coefficient (Wildman–Crippen LogP) is 4.01. The van der Waals surface area contributed by atoms with E-state index in [-0.39, 0.29) is 18.1 Å². The van der Waals surface area contributed by atoms with E-state index < -0.39 is 0 Å². The first-order chi connectivity index (χ1) is 16.0. The van der Waals surface area contributed by atoms with Crippen LogP contribution in [0.2, 0.25) is 0 Å². The molecule has 0 aliphatic carbocycles. The number of carbonyl (C=O) groups excluding carboxylic acids is 1. The first-order valence-electron chi connectivity index (χ1n) is 11.2. The van der Waals surface area contributed by atoms with Crippen molar-refractivity contribution in [2.45, 2.75) is 25.9 Å². The number of anilines is 1. The normalized spacial score (nSPS) is 16.4. The molecule has 1 aromatic heterocycles. The first kappa shape index (κ1) is 22.9. The summed E-state index contributed by atoms with van der Waals surface area (Å²) in [5.41, 5.74) is 2.66. The topological polar surface area (TPSA) is 57.7 Å². The van der Waals surface area contributed by atoms with Crippen LogP contribution in [0.5, 0.6) is 11.6 Å². The third kappa shape index (κ3) is 6.37. The Balaban J connectivity index is 1.35. The summed E-state index contributed by atoms with van der Waals surface area (Å²) >= 11 is 0. The fourth-order valence-electron chi connectivity index (χ4n) is 3.92. The summed E-state index contributed by atoms with van der Waals surface area (Å²) in [5.74, 6) is 0.224. The van der Waals surface area contributed by atoms with E-state index in [1.165, 1.54) is 17.7 Å². The molecule has 7 heteroatoms. The van der Waals surface area contributed by atoms with E-state index in [1.807, 2.05) is 12.1 Å². The van der Waals surface area contributed by atoms with E-state index >= 15 is 0 Å². The van der Waals surface area contributed by atoms with Crippen molar-refractivity contribution in [1.82, 2.24) is 15.2 Å². The number of rotatable bonds is 7. The number of likely N-dealkylation sites (N-methyl/N-ethyl adjacent to an activating group) is 1. The van der Waals surface area contributed by atoms with E-state index in [0.717, 1.165) is 31.9 Å². The van der Waals surface area contributed by atoms with Gasteiger partial charge in [0.25, 0.3) is 0 Å². The second-order valence-electron chi connectivity index (χ2n) is 8.41. The Morgan fingerprint density at radius 3 is 2.73 bits per heavy atom. The maximum atomic E-state index is 13.4. The third-order valence-electron chi connectivity index (χ3n) is 5.69. The average Bonchev–Trinajstić information content (AvgIpc) is 2.79. The van der Waals surface area contributed by atoms with Crippen LogP contribution < -0.4 is 15.0 Å². The van der Waals surface area contributed by atoms with Gasteiger partial charge >= 0.3 is 0 Å². The van der Waals surface area contributed by atoms with E-state index in [4.69, 9.17) is 4.74 Å². The highest BCUT2D eigenvalue weighted by Gasteiger charge is 2.16. The van der Waals surface area contributed by atoms with Gasteiger partial charge in [0.05, 0.1) is 12.1 Å². The summed E-state index contributed by atoms with van der Waals surface area (Å²) in [6.07, 6.45) is 0.136. The van der Waals surface area contributed by atoms with E-state index in [9.17, 15) is 9.18 Å². The van der Waals surface area contributed by atoms with E-state index in [1.54, 1.807) is 42.3 Å². The quantitative estimate of drug-likeness (QED) is 0.592. The van der Waals surface area contributed by atoms with Crippen LogP contribution in [-0.4, -0.2) is 48.5 Å². The minimum atomic E-state index is -0.381. The summed E-state index contributed by atoms with van der Waals surface area (Å²) in [7, 11) is 1.77. The monoisotopic (exact) mass is 448 g/mol. The Morgan fingerprint density at radius 2 is 1.97 bits per heavy atom. The Kier molecular flexibility index (Phi) is 7.32. The van der Waals surface area contributed by atoms with Crippen molar-refractivity contribution >= 4 is 11.6 Å². The lowest BCUT2D eigenvalue weighted by Crippen LogP contribution is -2.48. The number of hydrogen-bond acceptors (Lipinski definition) is 5. The lowest BCUT2D eigenvalue weighted by Gasteiger charge is -2.31. The van der Waals surface area contributed by atoms with Crippen molar-refractivity contribution in [3.63, 3.8) is 0 Å². The van der Waals surface area contributed by atoms with Crippen molar-refractivity contribution in [1.29, 1.82) is 0 Å². The van der Waals surface area contributed by atoms with Gasteiger partial charge in [-0.3, -0.25) is 9.69 Å². The Hall–Kier alpha value is -3.29. The fourth-order valence-corrected chi connectivity index (χ4v) is 3.92. The minimum absolute atomic E-state index is 0.0749. The highest BCUT2D eigenvalue weighted by molar-refractivity contribution is 5.94. The van der Waals surface area contributed by atoms with Gasteiger partial charge in [-0.25, -0.2) is 9.37 Å². The number of halogens is 1. The molecule has 0 unspecified atom stereocenters. The molecule has 0 saturated carbocycles. The molecular formula is C26H29FN4O2. The average molecular weight is 449 g/mol. The predicted molar refractivity (Wildman–Crippen MR) is 127 cm³/mol. The Labute approximate surface area is 194 Å². The molecule has 1 amide bonds. The van der Waals surface area contributed by atoms with Crippen molar-refractivity contribution in [2.75, 3.05) is 31.6 Å². The summed E-state index contributed by atoms with van der Waals surface area (Å²) in [6, 6.07) is 19.7. The van der Waals surface area contributed by atoms with Crippen LogP contribution in [0.15, 0.2) is 66.7 Å². The standard InChI is InChI=1S/C26H29FN4O2/c1-19-17-31(14-13-28-19)18-20-9-11-23(12-10-20)30(2)26(32)16-22-6-4-8-25(29-22)33-24-7-3-5-21(27)15-24/h3-12,15,19,28H,13-14,16-18H2,1-2H3/t19-/m0/s1. The third-order valence-corrected chi connectivity index (χ3v) is 5.69. The molecule has 2 aromatic carbocycles. The molecule has 0 spiro atoms. The zero-order chi connectivity index (χ0) is 23.2. The molecule has 1 fully saturated rings. The van der Waals surface area contributed by atoms with Crippen LogP contribution in [0.4, 0.5) is 10.1 Å². The summed E-state index contributed by atoms with van der Waals surface area (Å²) < 4.78 is 19.0. The van der Waals surface area contributed by atoms with Crippen molar-refractivity contribution in [3.8, 4) is 11.6 Å². The van der Waals surface area contributed by atoms with Crippen molar-refractivity contribution < 1.29 is 13.9 Å². The van der Waals surface area contributed by atoms with Gasteiger partial charge in [-0.05, 0) is 42.8 Å². The zero-order valence-electron chi connectivity index (χ0n) is 19.0. The fraction of sp³-hybridized carbons (Fsp3) is 0.308. The van der Waals surface area contributed by atoms with Crippen LogP contribution >= 0.6 is 0 Å². The molecular weight excluding hydrogens is 419 g/mol. The second-order valence-corrected chi connectivity index (χ2v) is 8.41. The number of piperazine rings is 1. The molecule has 4 rings (SSSR count). The number of amides is 1. The van der Waals surface area contributed by atoms with Gasteiger partial charge in [-0.1, -0.05) is 24.3 Å². The lowest BCUT2D eigenvalue weighted by molar-refractivity contribution is -0.117. The van der Waals surface area contributed by atoms with Gasteiger partial charge in [-0.15, -0.1) is 0 Å². The lowest BCUT2D eigenvalue weighted by atomic mass is 10.1. The number of hydrogen-bond donors (Lipinski definition) is 1. The van der Waals surface area contributed by atoms with Crippen LogP contribution in [0.1, 0.15) is 18.2 Å². The number of aromatic nitrogens is 1. The van der Waals surface area contributed by atoms with Crippen LogP contribution in [0, 0.1) is 5.82 Å². The highest BCUT2D eigenvalue weighted by Crippen LogP contribution is 2.21. The summed E-state index contributed by atoms with van der Waals surface area (Å²) in [4.78, 5) is 21.3. The second kappa shape index (κ2) is 10.6. The Morgan fingerprint density at radius 1 is 1.18 bits per heavy atom.